The summed E-state index contributed by atoms with van der Waals surface area (Å²) in [6, 6.07) is 0. The summed E-state index contributed by atoms with van der Waals surface area (Å²) >= 11 is 1.77. The van der Waals surface area contributed by atoms with Gasteiger partial charge in [-0.1, -0.05) is 19.1 Å². The van der Waals surface area contributed by atoms with Crippen molar-refractivity contribution in [2.45, 2.75) is 51.4 Å². The van der Waals surface area contributed by atoms with E-state index in [4.69, 9.17) is 4.98 Å². The van der Waals surface area contributed by atoms with Crippen molar-refractivity contribution in [3.8, 4) is 0 Å². The van der Waals surface area contributed by atoms with Crippen molar-refractivity contribution in [3.63, 3.8) is 0 Å². The Kier molecular flexibility index (Phi) is 4.73. The molecule has 4 heteroatoms. The van der Waals surface area contributed by atoms with Crippen LogP contribution in [-0.4, -0.2) is 28.9 Å². The Morgan fingerprint density at radius 3 is 3.05 bits per heavy atom. The molecular formula is C17H24N2OS. The Morgan fingerprint density at radius 2 is 2.33 bits per heavy atom. The van der Waals surface area contributed by atoms with Crippen molar-refractivity contribution in [1.82, 2.24) is 9.88 Å². The predicted molar refractivity (Wildman–Crippen MR) is 86.5 cm³/mol. The largest absolute Gasteiger partial charge is 0.342 e. The smallest absolute Gasteiger partial charge is 0.226 e. The zero-order valence-corrected chi connectivity index (χ0v) is 13.6. The van der Waals surface area contributed by atoms with Gasteiger partial charge >= 0.3 is 0 Å². The van der Waals surface area contributed by atoms with Gasteiger partial charge in [-0.3, -0.25) is 4.79 Å². The van der Waals surface area contributed by atoms with E-state index in [1.165, 1.54) is 17.1 Å². The Balaban J connectivity index is 1.64. The molecule has 1 aromatic rings. The fourth-order valence-corrected chi connectivity index (χ4v) is 4.36. The van der Waals surface area contributed by atoms with Crippen LogP contribution in [0.15, 0.2) is 17.5 Å². The number of carbonyl (C=O) groups excluding carboxylic acids is 1. The minimum absolute atomic E-state index is 0.219. The molecule has 2 heterocycles. The van der Waals surface area contributed by atoms with E-state index in [2.05, 4.69) is 29.4 Å². The van der Waals surface area contributed by atoms with Crippen LogP contribution in [0.4, 0.5) is 0 Å². The highest BCUT2D eigenvalue weighted by Gasteiger charge is 2.30. The molecule has 1 amide bonds. The second-order valence-corrected chi connectivity index (χ2v) is 7.03. The van der Waals surface area contributed by atoms with Crippen molar-refractivity contribution in [2.75, 3.05) is 13.1 Å². The van der Waals surface area contributed by atoms with Crippen molar-refractivity contribution in [2.24, 2.45) is 5.92 Å². The van der Waals surface area contributed by atoms with E-state index >= 15 is 0 Å². The van der Waals surface area contributed by atoms with Gasteiger partial charge in [0.2, 0.25) is 5.91 Å². The molecule has 2 atom stereocenters. The summed E-state index contributed by atoms with van der Waals surface area (Å²) in [5.41, 5.74) is 1.19. The van der Waals surface area contributed by atoms with Crippen LogP contribution < -0.4 is 0 Å². The third-order valence-electron chi connectivity index (χ3n) is 4.63. The predicted octanol–water partition coefficient (Wildman–Crippen LogP) is 3.77. The standard InChI is InChI=1S/C17H24N2OS/c1-2-15-12-21-16(18-15)14-9-6-10-19(11-14)17(20)13-7-4-3-5-8-13/h3-4,12-14H,2,5-11H2,1H3/t13-,14+/m1/s1. The number of aryl methyl sites for hydroxylation is 1. The second-order valence-electron chi connectivity index (χ2n) is 6.14. The number of likely N-dealkylation sites (tertiary alicyclic amines) is 1. The third kappa shape index (κ3) is 3.37. The lowest BCUT2D eigenvalue weighted by atomic mass is 9.91. The Morgan fingerprint density at radius 1 is 1.43 bits per heavy atom. The summed E-state index contributed by atoms with van der Waals surface area (Å²) in [5, 5.41) is 3.40. The first-order valence-corrected chi connectivity index (χ1v) is 9.04. The molecule has 0 saturated carbocycles. The molecule has 3 rings (SSSR count). The van der Waals surface area contributed by atoms with Crippen LogP contribution >= 0.6 is 11.3 Å². The minimum atomic E-state index is 0.219. The molecule has 0 spiro atoms. The van der Waals surface area contributed by atoms with Crippen LogP contribution in [0.5, 0.6) is 0 Å². The van der Waals surface area contributed by atoms with Crippen molar-refractivity contribution < 1.29 is 4.79 Å². The normalized spacial score (nSPS) is 26.0. The van der Waals surface area contributed by atoms with Crippen LogP contribution in [0.25, 0.3) is 0 Å². The molecule has 0 radical (unpaired) electrons. The molecule has 1 aromatic heterocycles. The van der Waals surface area contributed by atoms with Crippen molar-refractivity contribution in [3.05, 3.63) is 28.2 Å². The molecule has 0 unspecified atom stereocenters. The number of aromatic nitrogens is 1. The van der Waals surface area contributed by atoms with Gasteiger partial charge in [0, 0.05) is 30.3 Å². The number of hydrogen-bond acceptors (Lipinski definition) is 3. The molecule has 1 fully saturated rings. The van der Waals surface area contributed by atoms with Crippen LogP contribution in [-0.2, 0) is 11.2 Å². The van der Waals surface area contributed by atoms with Gasteiger partial charge in [-0.25, -0.2) is 4.98 Å². The van der Waals surface area contributed by atoms with E-state index in [0.29, 0.717) is 11.8 Å². The van der Waals surface area contributed by atoms with Gasteiger partial charge in [0.05, 0.1) is 10.7 Å². The summed E-state index contributed by atoms with van der Waals surface area (Å²) in [7, 11) is 0. The number of amides is 1. The third-order valence-corrected chi connectivity index (χ3v) is 5.69. The first kappa shape index (κ1) is 14.8. The van der Waals surface area contributed by atoms with Gasteiger partial charge < -0.3 is 4.90 Å². The highest BCUT2D eigenvalue weighted by molar-refractivity contribution is 7.09. The molecule has 3 nitrogen and oxygen atoms in total. The first-order valence-electron chi connectivity index (χ1n) is 8.16. The number of hydrogen-bond donors (Lipinski definition) is 0. The van der Waals surface area contributed by atoms with Gasteiger partial charge in [0.1, 0.15) is 0 Å². The summed E-state index contributed by atoms with van der Waals surface area (Å²) in [6.45, 7) is 3.95. The lowest BCUT2D eigenvalue weighted by Gasteiger charge is -2.34. The van der Waals surface area contributed by atoms with E-state index < -0.39 is 0 Å². The van der Waals surface area contributed by atoms with Gasteiger partial charge in [0.25, 0.3) is 0 Å². The number of piperidine rings is 1. The van der Waals surface area contributed by atoms with Crippen molar-refractivity contribution >= 4 is 17.2 Å². The van der Waals surface area contributed by atoms with Crippen LogP contribution in [0.3, 0.4) is 0 Å². The van der Waals surface area contributed by atoms with E-state index in [1.54, 1.807) is 11.3 Å². The fraction of sp³-hybridized carbons (Fsp3) is 0.647. The molecule has 0 bridgehead atoms. The summed E-state index contributed by atoms with van der Waals surface area (Å²) in [6.07, 6.45) is 10.7. The topological polar surface area (TPSA) is 33.2 Å². The zero-order valence-electron chi connectivity index (χ0n) is 12.8. The summed E-state index contributed by atoms with van der Waals surface area (Å²) in [5.74, 6) is 1.04. The lowest BCUT2D eigenvalue weighted by molar-refractivity contribution is -0.137. The summed E-state index contributed by atoms with van der Waals surface area (Å²) < 4.78 is 0. The maximum atomic E-state index is 12.7. The number of allylic oxidation sites excluding steroid dienone is 2. The number of thiazole rings is 1. The molecule has 1 aliphatic heterocycles. The van der Waals surface area contributed by atoms with Crippen LogP contribution in [0.2, 0.25) is 0 Å². The Labute approximate surface area is 131 Å². The zero-order chi connectivity index (χ0) is 14.7. The second kappa shape index (κ2) is 6.73. The molecule has 114 valence electrons. The highest BCUT2D eigenvalue weighted by Crippen LogP contribution is 2.31. The Hall–Kier alpha value is -1.16. The number of rotatable bonds is 3. The van der Waals surface area contributed by atoms with E-state index in [0.717, 1.165) is 45.2 Å². The van der Waals surface area contributed by atoms with Gasteiger partial charge in [0.15, 0.2) is 0 Å². The van der Waals surface area contributed by atoms with Crippen molar-refractivity contribution in [1.29, 1.82) is 0 Å². The molecule has 1 aliphatic carbocycles. The lowest BCUT2D eigenvalue weighted by Crippen LogP contribution is -2.42. The monoisotopic (exact) mass is 304 g/mol. The molecule has 0 aromatic carbocycles. The maximum absolute atomic E-state index is 12.7. The molecular weight excluding hydrogens is 280 g/mol. The Bertz CT molecular complexity index is 523. The number of nitrogens with zero attached hydrogens (tertiary/aromatic N) is 2. The minimum Gasteiger partial charge on any atom is -0.342 e. The first-order chi connectivity index (χ1) is 10.3. The molecule has 1 saturated heterocycles. The maximum Gasteiger partial charge on any atom is 0.226 e. The average molecular weight is 304 g/mol. The molecule has 0 N–H and O–H groups in total. The van der Waals surface area contributed by atoms with E-state index in [1.807, 2.05) is 0 Å². The highest BCUT2D eigenvalue weighted by atomic mass is 32.1. The van der Waals surface area contributed by atoms with Crippen LogP contribution in [0, 0.1) is 5.92 Å². The molecule has 21 heavy (non-hydrogen) atoms. The van der Waals surface area contributed by atoms with Gasteiger partial charge in [-0.15, -0.1) is 11.3 Å². The SMILES string of the molecule is CCc1csc([C@H]2CCCN(C(=O)[C@@H]3CC=CCC3)C2)n1. The summed E-state index contributed by atoms with van der Waals surface area (Å²) in [4.78, 5) is 19.5. The van der Waals surface area contributed by atoms with Crippen LogP contribution in [0.1, 0.15) is 55.6 Å². The fourth-order valence-electron chi connectivity index (χ4n) is 3.33. The molecule has 2 aliphatic rings. The van der Waals surface area contributed by atoms with E-state index in [-0.39, 0.29) is 5.92 Å². The van der Waals surface area contributed by atoms with Gasteiger partial charge in [-0.2, -0.15) is 0 Å². The quantitative estimate of drug-likeness (QED) is 0.796. The van der Waals surface area contributed by atoms with E-state index in [9.17, 15) is 4.79 Å². The average Bonchev–Trinajstić information content (AvgIpc) is 3.04. The van der Waals surface area contributed by atoms with Gasteiger partial charge in [-0.05, 0) is 38.5 Å². The number of carbonyl (C=O) groups is 1.